The Morgan fingerprint density at radius 2 is 2.07 bits per heavy atom. The van der Waals surface area contributed by atoms with E-state index in [1.54, 1.807) is 0 Å². The van der Waals surface area contributed by atoms with Gasteiger partial charge in [0.05, 0.1) is 6.04 Å². The fraction of sp³-hybridized carbons (Fsp3) is 0.800. The molecule has 0 aromatic carbocycles. The zero-order valence-corrected chi connectivity index (χ0v) is 9.59. The maximum Gasteiger partial charge on any atom is 0.243 e. The van der Waals surface area contributed by atoms with Gasteiger partial charge in [0.25, 0.3) is 0 Å². The molecule has 0 saturated carbocycles. The lowest BCUT2D eigenvalue weighted by Gasteiger charge is -2.11. The van der Waals surface area contributed by atoms with Gasteiger partial charge in [0.2, 0.25) is 5.89 Å². The summed E-state index contributed by atoms with van der Waals surface area (Å²) in [5, 5.41) is 7.19. The standard InChI is InChI=1S/C10H19N3O/c1-6-11-7(2)8-12-9(13-14-8)10(3,4)5/h7,11H,6H2,1-5H3. The predicted octanol–water partition coefficient (Wildman–Crippen LogP) is 2.04. The van der Waals surface area contributed by atoms with Crippen molar-refractivity contribution in [2.45, 2.75) is 46.1 Å². The van der Waals surface area contributed by atoms with Crippen molar-refractivity contribution in [2.24, 2.45) is 0 Å². The van der Waals surface area contributed by atoms with Crippen LogP contribution in [0.1, 0.15) is 52.4 Å². The summed E-state index contributed by atoms with van der Waals surface area (Å²) in [6.07, 6.45) is 0. The molecule has 0 bridgehead atoms. The summed E-state index contributed by atoms with van der Waals surface area (Å²) in [5.74, 6) is 1.43. The third-order valence-electron chi connectivity index (χ3n) is 1.99. The predicted molar refractivity (Wildman–Crippen MR) is 55.1 cm³/mol. The lowest BCUT2D eigenvalue weighted by molar-refractivity contribution is 0.333. The molecule has 0 radical (unpaired) electrons. The van der Waals surface area contributed by atoms with Crippen molar-refractivity contribution in [3.8, 4) is 0 Å². The van der Waals surface area contributed by atoms with Crippen LogP contribution in [0.15, 0.2) is 4.52 Å². The van der Waals surface area contributed by atoms with Crippen molar-refractivity contribution in [3.63, 3.8) is 0 Å². The van der Waals surface area contributed by atoms with Crippen LogP contribution in [-0.4, -0.2) is 16.7 Å². The number of nitrogens with one attached hydrogen (secondary N) is 1. The van der Waals surface area contributed by atoms with Crippen molar-refractivity contribution in [1.29, 1.82) is 0 Å². The van der Waals surface area contributed by atoms with Gasteiger partial charge >= 0.3 is 0 Å². The molecule has 1 rings (SSSR count). The van der Waals surface area contributed by atoms with Gasteiger partial charge in [0.1, 0.15) is 0 Å². The minimum absolute atomic E-state index is 0.0479. The van der Waals surface area contributed by atoms with Crippen LogP contribution in [0, 0.1) is 0 Å². The molecule has 1 aromatic rings. The molecule has 0 spiro atoms. The van der Waals surface area contributed by atoms with Gasteiger partial charge in [-0.05, 0) is 13.5 Å². The summed E-state index contributed by atoms with van der Waals surface area (Å²) < 4.78 is 5.18. The molecule has 4 nitrogen and oxygen atoms in total. The summed E-state index contributed by atoms with van der Waals surface area (Å²) in [5.41, 5.74) is -0.0479. The zero-order valence-electron chi connectivity index (χ0n) is 9.59. The van der Waals surface area contributed by atoms with Gasteiger partial charge < -0.3 is 9.84 Å². The van der Waals surface area contributed by atoms with Gasteiger partial charge in [-0.25, -0.2) is 0 Å². The lowest BCUT2D eigenvalue weighted by Crippen LogP contribution is -2.19. The molecular formula is C10H19N3O. The summed E-state index contributed by atoms with van der Waals surface area (Å²) >= 11 is 0. The fourth-order valence-electron chi connectivity index (χ4n) is 1.11. The van der Waals surface area contributed by atoms with E-state index in [2.05, 4.69) is 43.2 Å². The first kappa shape index (κ1) is 11.2. The highest BCUT2D eigenvalue weighted by molar-refractivity contribution is 5.01. The molecule has 0 aliphatic rings. The molecule has 1 atom stereocenters. The minimum Gasteiger partial charge on any atom is -0.338 e. The van der Waals surface area contributed by atoms with Crippen LogP contribution in [0.4, 0.5) is 0 Å². The van der Waals surface area contributed by atoms with Gasteiger partial charge in [-0.3, -0.25) is 0 Å². The average Bonchev–Trinajstić information content (AvgIpc) is 2.51. The van der Waals surface area contributed by atoms with Crippen molar-refractivity contribution in [2.75, 3.05) is 6.54 Å². The van der Waals surface area contributed by atoms with Gasteiger partial charge in [-0.1, -0.05) is 32.9 Å². The molecule has 0 aliphatic heterocycles. The van der Waals surface area contributed by atoms with Crippen LogP contribution in [0.3, 0.4) is 0 Å². The van der Waals surface area contributed by atoms with E-state index in [-0.39, 0.29) is 11.5 Å². The molecule has 0 aliphatic carbocycles. The number of hydrogen-bond donors (Lipinski definition) is 1. The Bertz CT molecular complexity index is 288. The first-order chi connectivity index (χ1) is 6.45. The van der Waals surface area contributed by atoms with Crippen LogP contribution in [0.5, 0.6) is 0 Å². The Hall–Kier alpha value is -0.900. The number of aromatic nitrogens is 2. The smallest absolute Gasteiger partial charge is 0.243 e. The number of rotatable bonds is 3. The Morgan fingerprint density at radius 3 is 2.50 bits per heavy atom. The molecule has 0 fully saturated rings. The SMILES string of the molecule is CCNC(C)c1nc(C(C)(C)C)no1. The van der Waals surface area contributed by atoms with E-state index in [1.165, 1.54) is 0 Å². The van der Waals surface area contributed by atoms with Crippen molar-refractivity contribution in [3.05, 3.63) is 11.7 Å². The maximum absolute atomic E-state index is 5.18. The van der Waals surface area contributed by atoms with E-state index in [9.17, 15) is 0 Å². The van der Waals surface area contributed by atoms with Gasteiger partial charge in [0.15, 0.2) is 5.82 Å². The van der Waals surface area contributed by atoms with Crippen LogP contribution >= 0.6 is 0 Å². The van der Waals surface area contributed by atoms with E-state index in [0.29, 0.717) is 5.89 Å². The molecule has 80 valence electrons. The third-order valence-corrected chi connectivity index (χ3v) is 1.99. The van der Waals surface area contributed by atoms with E-state index < -0.39 is 0 Å². The first-order valence-electron chi connectivity index (χ1n) is 5.02. The molecule has 14 heavy (non-hydrogen) atoms. The summed E-state index contributed by atoms with van der Waals surface area (Å²) in [6, 6.07) is 0.128. The fourth-order valence-corrected chi connectivity index (χ4v) is 1.11. The van der Waals surface area contributed by atoms with Crippen LogP contribution in [-0.2, 0) is 5.41 Å². The minimum atomic E-state index is -0.0479. The largest absolute Gasteiger partial charge is 0.338 e. The topological polar surface area (TPSA) is 51.0 Å². The van der Waals surface area contributed by atoms with Gasteiger partial charge in [-0.2, -0.15) is 4.98 Å². The summed E-state index contributed by atoms with van der Waals surface area (Å²) in [6.45, 7) is 11.2. The van der Waals surface area contributed by atoms with Gasteiger partial charge in [0, 0.05) is 5.41 Å². The van der Waals surface area contributed by atoms with E-state index >= 15 is 0 Å². The maximum atomic E-state index is 5.18. The van der Waals surface area contributed by atoms with Crippen LogP contribution in [0.2, 0.25) is 0 Å². The number of nitrogens with zero attached hydrogens (tertiary/aromatic N) is 2. The Morgan fingerprint density at radius 1 is 1.43 bits per heavy atom. The van der Waals surface area contributed by atoms with Crippen LogP contribution in [0.25, 0.3) is 0 Å². The second-order valence-electron chi connectivity index (χ2n) is 4.49. The van der Waals surface area contributed by atoms with E-state index in [4.69, 9.17) is 4.52 Å². The van der Waals surface area contributed by atoms with E-state index in [0.717, 1.165) is 12.4 Å². The second-order valence-corrected chi connectivity index (χ2v) is 4.49. The zero-order chi connectivity index (χ0) is 10.8. The molecule has 0 saturated heterocycles. The molecule has 1 heterocycles. The van der Waals surface area contributed by atoms with Crippen molar-refractivity contribution >= 4 is 0 Å². The molecule has 1 N–H and O–H groups in total. The highest BCUT2D eigenvalue weighted by Crippen LogP contribution is 2.20. The third kappa shape index (κ3) is 2.54. The van der Waals surface area contributed by atoms with Gasteiger partial charge in [-0.15, -0.1) is 0 Å². The molecule has 1 unspecified atom stereocenters. The first-order valence-corrected chi connectivity index (χ1v) is 5.02. The molecule has 1 aromatic heterocycles. The Balaban J connectivity index is 2.78. The molecule has 0 amide bonds. The normalized spacial score (nSPS) is 14.4. The Kier molecular flexibility index (Phi) is 3.26. The average molecular weight is 197 g/mol. The highest BCUT2D eigenvalue weighted by atomic mass is 16.5. The van der Waals surface area contributed by atoms with Crippen LogP contribution < -0.4 is 5.32 Å². The van der Waals surface area contributed by atoms with Crippen molar-refractivity contribution < 1.29 is 4.52 Å². The van der Waals surface area contributed by atoms with E-state index in [1.807, 2.05) is 6.92 Å². The highest BCUT2D eigenvalue weighted by Gasteiger charge is 2.22. The monoisotopic (exact) mass is 197 g/mol. The summed E-state index contributed by atoms with van der Waals surface area (Å²) in [7, 11) is 0. The molecular weight excluding hydrogens is 178 g/mol. The van der Waals surface area contributed by atoms with Crippen molar-refractivity contribution in [1.82, 2.24) is 15.5 Å². The quantitative estimate of drug-likeness (QED) is 0.805. The molecule has 4 heteroatoms. The Labute approximate surface area is 85.1 Å². The number of hydrogen-bond acceptors (Lipinski definition) is 4. The summed E-state index contributed by atoms with van der Waals surface area (Å²) in [4.78, 5) is 4.36. The lowest BCUT2D eigenvalue weighted by atomic mass is 9.96. The second kappa shape index (κ2) is 4.09.